The quantitative estimate of drug-likeness (QED) is 0.918. The molecule has 108 valence electrons. The van der Waals surface area contributed by atoms with Crippen molar-refractivity contribution in [2.45, 2.75) is 19.3 Å². The number of nitrogens with one attached hydrogen (secondary N) is 1. The van der Waals surface area contributed by atoms with Crippen LogP contribution in [0.2, 0.25) is 0 Å². The predicted octanol–water partition coefficient (Wildman–Crippen LogP) is 3.46. The summed E-state index contributed by atoms with van der Waals surface area (Å²) in [5.41, 5.74) is -0.205. The van der Waals surface area contributed by atoms with E-state index in [0.29, 0.717) is 17.1 Å². The van der Waals surface area contributed by atoms with E-state index in [4.69, 9.17) is 4.74 Å². The monoisotopic (exact) mass is 302 g/mol. The summed E-state index contributed by atoms with van der Waals surface area (Å²) in [7, 11) is 1.68. The van der Waals surface area contributed by atoms with Gasteiger partial charge in [0, 0.05) is 18.1 Å². The van der Waals surface area contributed by atoms with Crippen LogP contribution in [-0.4, -0.2) is 12.0 Å². The maximum absolute atomic E-state index is 13.0. The highest BCUT2D eigenvalue weighted by molar-refractivity contribution is 7.09. The molecular weight excluding hydrogens is 289 g/mol. The molecule has 0 saturated carbocycles. The molecule has 0 amide bonds. The van der Waals surface area contributed by atoms with E-state index in [-0.39, 0.29) is 12.4 Å². The second-order valence-electron chi connectivity index (χ2n) is 4.07. The van der Waals surface area contributed by atoms with Crippen LogP contribution in [0.3, 0.4) is 0 Å². The molecule has 1 N–H and O–H groups in total. The van der Waals surface area contributed by atoms with Gasteiger partial charge in [0.05, 0.1) is 5.56 Å². The predicted molar refractivity (Wildman–Crippen MR) is 70.7 cm³/mol. The fraction of sp³-hybridized carbons (Fsp3) is 0.308. The fourth-order valence-corrected chi connectivity index (χ4v) is 2.23. The summed E-state index contributed by atoms with van der Waals surface area (Å²) in [4.78, 5) is 3.97. The number of ether oxygens (including phenoxy) is 1. The van der Waals surface area contributed by atoms with Crippen LogP contribution in [0.15, 0.2) is 29.8 Å². The van der Waals surface area contributed by atoms with Crippen LogP contribution >= 0.6 is 11.3 Å². The average molecular weight is 302 g/mol. The Balaban J connectivity index is 2.22. The summed E-state index contributed by atoms with van der Waals surface area (Å²) in [6, 6.07) is 4.07. The van der Waals surface area contributed by atoms with E-state index in [1.165, 1.54) is 17.4 Å². The van der Waals surface area contributed by atoms with Crippen LogP contribution in [0.5, 0.6) is 5.75 Å². The molecule has 0 saturated heterocycles. The number of nitrogens with zero attached hydrogens (tertiary/aromatic N) is 1. The Morgan fingerprint density at radius 1 is 1.35 bits per heavy atom. The Morgan fingerprint density at radius 2 is 2.15 bits per heavy atom. The molecule has 0 bridgehead atoms. The maximum Gasteiger partial charge on any atom is 0.419 e. The van der Waals surface area contributed by atoms with Crippen molar-refractivity contribution < 1.29 is 17.9 Å². The number of aromatic nitrogens is 1. The molecule has 0 aliphatic rings. The minimum absolute atomic E-state index is 0.0339. The van der Waals surface area contributed by atoms with E-state index in [1.807, 2.05) is 0 Å². The lowest BCUT2D eigenvalue weighted by Crippen LogP contribution is -2.11. The van der Waals surface area contributed by atoms with Gasteiger partial charge in [0.15, 0.2) is 0 Å². The topological polar surface area (TPSA) is 34.1 Å². The summed E-state index contributed by atoms with van der Waals surface area (Å²) >= 11 is 1.34. The Kier molecular flexibility index (Phi) is 4.61. The van der Waals surface area contributed by atoms with Crippen molar-refractivity contribution in [1.82, 2.24) is 10.3 Å². The molecule has 1 aromatic carbocycles. The summed E-state index contributed by atoms with van der Waals surface area (Å²) in [6.07, 6.45) is -2.86. The van der Waals surface area contributed by atoms with Gasteiger partial charge in [-0.25, -0.2) is 4.98 Å². The third kappa shape index (κ3) is 3.71. The minimum atomic E-state index is -4.44. The zero-order chi connectivity index (χ0) is 14.6. The molecule has 0 radical (unpaired) electrons. The van der Waals surface area contributed by atoms with Crippen LogP contribution in [-0.2, 0) is 19.3 Å². The summed E-state index contributed by atoms with van der Waals surface area (Å²) in [5, 5.41) is 5.21. The third-order valence-electron chi connectivity index (χ3n) is 2.56. The van der Waals surface area contributed by atoms with E-state index < -0.39 is 11.7 Å². The van der Waals surface area contributed by atoms with Crippen LogP contribution in [0.4, 0.5) is 13.2 Å². The first-order chi connectivity index (χ1) is 9.50. The number of hydrogen-bond acceptors (Lipinski definition) is 4. The van der Waals surface area contributed by atoms with Crippen molar-refractivity contribution in [1.29, 1.82) is 0 Å². The van der Waals surface area contributed by atoms with Gasteiger partial charge < -0.3 is 10.1 Å². The van der Waals surface area contributed by atoms with Gasteiger partial charge in [-0.05, 0) is 24.7 Å². The van der Waals surface area contributed by atoms with E-state index in [0.717, 1.165) is 6.07 Å². The van der Waals surface area contributed by atoms with Gasteiger partial charge in [-0.1, -0.05) is 6.07 Å². The second-order valence-corrected chi connectivity index (χ2v) is 5.05. The number of rotatable bonds is 5. The first kappa shape index (κ1) is 14.8. The Labute approximate surface area is 118 Å². The smallest absolute Gasteiger partial charge is 0.419 e. The van der Waals surface area contributed by atoms with Crippen LogP contribution in [0.1, 0.15) is 16.1 Å². The molecule has 0 unspecified atom stereocenters. The highest BCUT2D eigenvalue weighted by Gasteiger charge is 2.34. The Hall–Kier alpha value is -1.60. The van der Waals surface area contributed by atoms with E-state index in [9.17, 15) is 13.2 Å². The van der Waals surface area contributed by atoms with Crippen molar-refractivity contribution in [3.05, 3.63) is 45.9 Å². The van der Waals surface area contributed by atoms with Gasteiger partial charge in [0.25, 0.3) is 0 Å². The molecule has 2 rings (SSSR count). The fourth-order valence-electron chi connectivity index (χ4n) is 1.70. The molecule has 0 atom stereocenters. The molecule has 0 aliphatic carbocycles. The summed E-state index contributed by atoms with van der Waals surface area (Å²) in [6.45, 7) is 0.405. The van der Waals surface area contributed by atoms with Gasteiger partial charge in [0.1, 0.15) is 17.4 Å². The Bertz CT molecular complexity index is 555. The summed E-state index contributed by atoms with van der Waals surface area (Å²) < 4.78 is 44.3. The van der Waals surface area contributed by atoms with Crippen LogP contribution in [0.25, 0.3) is 0 Å². The van der Waals surface area contributed by atoms with E-state index >= 15 is 0 Å². The van der Waals surface area contributed by atoms with Gasteiger partial charge in [0.2, 0.25) is 0 Å². The number of halogens is 3. The van der Waals surface area contributed by atoms with Crippen molar-refractivity contribution in [2.24, 2.45) is 0 Å². The number of hydrogen-bond donors (Lipinski definition) is 1. The van der Waals surface area contributed by atoms with Crippen molar-refractivity contribution in [3.8, 4) is 5.75 Å². The highest BCUT2D eigenvalue weighted by Crippen LogP contribution is 2.37. The maximum atomic E-state index is 13.0. The van der Waals surface area contributed by atoms with E-state index in [2.05, 4.69) is 10.3 Å². The SMILES string of the molecule is CNCc1ccc(OCc2nccs2)c(C(F)(F)F)c1. The first-order valence-electron chi connectivity index (χ1n) is 5.86. The van der Waals surface area contributed by atoms with Crippen molar-refractivity contribution >= 4 is 11.3 Å². The van der Waals surface area contributed by atoms with Gasteiger partial charge in [-0.2, -0.15) is 13.2 Å². The van der Waals surface area contributed by atoms with Gasteiger partial charge in [-0.15, -0.1) is 11.3 Å². The number of alkyl halides is 3. The van der Waals surface area contributed by atoms with Crippen molar-refractivity contribution in [3.63, 3.8) is 0 Å². The molecule has 2 aromatic rings. The van der Waals surface area contributed by atoms with Crippen molar-refractivity contribution in [2.75, 3.05) is 7.05 Å². The number of thiazole rings is 1. The molecular formula is C13H13F3N2OS. The third-order valence-corrected chi connectivity index (χ3v) is 3.32. The first-order valence-corrected chi connectivity index (χ1v) is 6.74. The molecule has 0 spiro atoms. The largest absolute Gasteiger partial charge is 0.486 e. The average Bonchev–Trinajstić information content (AvgIpc) is 2.89. The zero-order valence-electron chi connectivity index (χ0n) is 10.7. The van der Waals surface area contributed by atoms with Gasteiger partial charge in [-0.3, -0.25) is 0 Å². The lowest BCUT2D eigenvalue weighted by molar-refractivity contribution is -0.139. The standard InChI is InChI=1S/C13H13F3N2OS/c1-17-7-9-2-3-11(10(6-9)13(14,15)16)19-8-12-18-4-5-20-12/h2-6,17H,7-8H2,1H3. The van der Waals surface area contributed by atoms with Crippen LogP contribution in [0, 0.1) is 0 Å². The molecule has 1 aromatic heterocycles. The Morgan fingerprint density at radius 3 is 2.75 bits per heavy atom. The molecule has 7 heteroatoms. The molecule has 0 aliphatic heterocycles. The van der Waals surface area contributed by atoms with E-state index in [1.54, 1.807) is 24.7 Å². The lowest BCUT2D eigenvalue weighted by Gasteiger charge is -2.14. The minimum Gasteiger partial charge on any atom is -0.486 e. The summed E-state index contributed by atoms with van der Waals surface area (Å²) in [5.74, 6) is -0.174. The second kappa shape index (κ2) is 6.23. The zero-order valence-corrected chi connectivity index (χ0v) is 11.5. The normalized spacial score (nSPS) is 11.6. The molecule has 20 heavy (non-hydrogen) atoms. The lowest BCUT2D eigenvalue weighted by atomic mass is 10.1. The number of benzene rings is 1. The highest BCUT2D eigenvalue weighted by atomic mass is 32.1. The van der Waals surface area contributed by atoms with Crippen LogP contribution < -0.4 is 10.1 Å². The molecule has 1 heterocycles. The van der Waals surface area contributed by atoms with Gasteiger partial charge >= 0.3 is 6.18 Å². The molecule has 3 nitrogen and oxygen atoms in total. The molecule has 0 fully saturated rings.